The summed E-state index contributed by atoms with van der Waals surface area (Å²) >= 11 is 0. The molecule has 0 aliphatic heterocycles. The predicted octanol–water partition coefficient (Wildman–Crippen LogP) is 2.65. The largest absolute Gasteiger partial charge is 0.481 e. The van der Waals surface area contributed by atoms with Crippen LogP contribution in [0, 0.1) is 19.3 Å². The molecule has 1 heterocycles. The normalized spacial score (nSPS) is 16.2. The van der Waals surface area contributed by atoms with E-state index in [1.807, 2.05) is 31.2 Å². The Morgan fingerprint density at radius 1 is 1.15 bits per heavy atom. The molecule has 1 amide bonds. The van der Waals surface area contributed by atoms with Crippen LogP contribution >= 0.6 is 0 Å². The van der Waals surface area contributed by atoms with Crippen molar-refractivity contribution in [1.29, 1.82) is 0 Å². The first-order chi connectivity index (χ1) is 12.4. The Labute approximate surface area is 152 Å². The average Bonchev–Trinajstić information content (AvgIpc) is 3.02. The number of rotatable bonds is 5. The van der Waals surface area contributed by atoms with Gasteiger partial charge in [0.1, 0.15) is 0 Å². The van der Waals surface area contributed by atoms with Gasteiger partial charge in [-0.1, -0.05) is 42.2 Å². The molecule has 2 aromatic rings. The lowest BCUT2D eigenvalue weighted by Crippen LogP contribution is -2.44. The number of hydrogen-bond acceptors (Lipinski definition) is 4. The highest BCUT2D eigenvalue weighted by atomic mass is 16.4. The fraction of sp³-hybridized carbons (Fsp3) is 0.474. The number of aromatic nitrogens is 3. The summed E-state index contributed by atoms with van der Waals surface area (Å²) in [6, 6.07) is 7.77. The van der Waals surface area contributed by atoms with Gasteiger partial charge in [0.25, 0.3) is 5.91 Å². The monoisotopic (exact) mass is 356 g/mol. The van der Waals surface area contributed by atoms with E-state index in [4.69, 9.17) is 0 Å². The molecule has 0 unspecified atom stereocenters. The Bertz CT molecular complexity index is 805. The molecule has 1 saturated carbocycles. The predicted molar refractivity (Wildman–Crippen MR) is 96.3 cm³/mol. The number of benzene rings is 1. The van der Waals surface area contributed by atoms with Crippen molar-refractivity contribution in [3.8, 4) is 5.69 Å². The van der Waals surface area contributed by atoms with Gasteiger partial charge in [0, 0.05) is 6.54 Å². The molecule has 7 heteroatoms. The number of hydrogen-bond donors (Lipinski definition) is 2. The Balaban J connectivity index is 1.74. The van der Waals surface area contributed by atoms with E-state index in [0.29, 0.717) is 18.5 Å². The molecule has 1 aromatic heterocycles. The summed E-state index contributed by atoms with van der Waals surface area (Å²) in [6.07, 6.45) is 4.00. The van der Waals surface area contributed by atoms with Gasteiger partial charge in [-0.15, -0.1) is 5.10 Å². The maximum atomic E-state index is 12.6. The zero-order valence-electron chi connectivity index (χ0n) is 15.2. The van der Waals surface area contributed by atoms with Gasteiger partial charge in [-0.2, -0.15) is 0 Å². The summed E-state index contributed by atoms with van der Waals surface area (Å²) in [5.41, 5.74) is 1.94. The van der Waals surface area contributed by atoms with Crippen LogP contribution in [-0.4, -0.2) is 38.5 Å². The molecule has 0 saturated heterocycles. The number of carbonyl (C=O) groups excluding carboxylic acids is 1. The van der Waals surface area contributed by atoms with E-state index in [-0.39, 0.29) is 18.1 Å². The minimum Gasteiger partial charge on any atom is -0.481 e. The summed E-state index contributed by atoms with van der Waals surface area (Å²) in [7, 11) is 0. The number of nitrogens with zero attached hydrogens (tertiary/aromatic N) is 3. The molecule has 7 nitrogen and oxygen atoms in total. The zero-order valence-corrected chi connectivity index (χ0v) is 15.2. The lowest BCUT2D eigenvalue weighted by molar-refractivity contribution is -0.150. The highest BCUT2D eigenvalue weighted by molar-refractivity contribution is 5.93. The number of carboxylic acids is 1. The second kappa shape index (κ2) is 7.27. The molecule has 0 spiro atoms. The van der Waals surface area contributed by atoms with E-state index < -0.39 is 11.4 Å². The Hall–Kier alpha value is -2.70. The van der Waals surface area contributed by atoms with Crippen LogP contribution in [0.5, 0.6) is 0 Å². The number of aryl methyl sites for hydroxylation is 1. The summed E-state index contributed by atoms with van der Waals surface area (Å²) in [6.45, 7) is 3.90. The third-order valence-electron chi connectivity index (χ3n) is 5.24. The van der Waals surface area contributed by atoms with Crippen molar-refractivity contribution in [2.75, 3.05) is 6.54 Å². The van der Waals surface area contributed by atoms with E-state index in [2.05, 4.69) is 15.6 Å². The molecule has 2 N–H and O–H groups in total. The van der Waals surface area contributed by atoms with Gasteiger partial charge in [0.05, 0.1) is 16.8 Å². The van der Waals surface area contributed by atoms with E-state index >= 15 is 0 Å². The minimum absolute atomic E-state index is 0.123. The fourth-order valence-electron chi connectivity index (χ4n) is 3.50. The third kappa shape index (κ3) is 3.47. The smallest absolute Gasteiger partial charge is 0.311 e. The van der Waals surface area contributed by atoms with Gasteiger partial charge in [0.2, 0.25) is 0 Å². The van der Waals surface area contributed by atoms with Crippen molar-refractivity contribution < 1.29 is 14.7 Å². The standard InChI is InChI=1S/C19H24N4O3/c1-13-6-8-15(9-7-13)23-14(2)16(21-22-23)17(24)20-12-19(18(25)26)10-4-3-5-11-19/h6-9H,3-5,10-12H2,1-2H3,(H,20,24)(H,25,26). The maximum absolute atomic E-state index is 12.6. The van der Waals surface area contributed by atoms with Crippen molar-refractivity contribution in [2.45, 2.75) is 46.0 Å². The molecular formula is C19H24N4O3. The van der Waals surface area contributed by atoms with E-state index in [1.54, 1.807) is 11.6 Å². The zero-order chi connectivity index (χ0) is 18.7. The van der Waals surface area contributed by atoms with Crippen molar-refractivity contribution in [1.82, 2.24) is 20.3 Å². The minimum atomic E-state index is -0.866. The molecular weight excluding hydrogens is 332 g/mol. The molecule has 0 atom stereocenters. The number of amides is 1. The third-order valence-corrected chi connectivity index (χ3v) is 5.24. The molecule has 1 aromatic carbocycles. The van der Waals surface area contributed by atoms with Crippen LogP contribution < -0.4 is 5.32 Å². The van der Waals surface area contributed by atoms with Crippen molar-refractivity contribution in [2.24, 2.45) is 5.41 Å². The SMILES string of the molecule is Cc1ccc(-n2nnc(C(=O)NCC3(C(=O)O)CCCCC3)c2C)cc1. The van der Waals surface area contributed by atoms with Crippen LogP contribution in [0.4, 0.5) is 0 Å². The molecule has 26 heavy (non-hydrogen) atoms. The first-order valence-electron chi connectivity index (χ1n) is 8.94. The number of carbonyl (C=O) groups is 2. The summed E-state index contributed by atoms with van der Waals surface area (Å²) in [5, 5.41) is 20.5. The summed E-state index contributed by atoms with van der Waals surface area (Å²) in [4.78, 5) is 24.3. The molecule has 0 bridgehead atoms. The molecule has 1 aliphatic carbocycles. The Morgan fingerprint density at radius 3 is 2.42 bits per heavy atom. The van der Waals surface area contributed by atoms with Gasteiger partial charge in [-0.05, 0) is 38.8 Å². The van der Waals surface area contributed by atoms with Crippen molar-refractivity contribution in [3.05, 3.63) is 41.2 Å². The molecule has 3 rings (SSSR count). The molecule has 138 valence electrons. The maximum Gasteiger partial charge on any atom is 0.311 e. The summed E-state index contributed by atoms with van der Waals surface area (Å²) < 4.78 is 1.61. The van der Waals surface area contributed by atoms with Gasteiger partial charge < -0.3 is 10.4 Å². The lowest BCUT2D eigenvalue weighted by Gasteiger charge is -2.33. The van der Waals surface area contributed by atoms with Crippen LogP contribution in [0.15, 0.2) is 24.3 Å². The van der Waals surface area contributed by atoms with Gasteiger partial charge >= 0.3 is 5.97 Å². The fourth-order valence-corrected chi connectivity index (χ4v) is 3.50. The second-order valence-electron chi connectivity index (χ2n) is 7.10. The topological polar surface area (TPSA) is 97.1 Å². The highest BCUT2D eigenvalue weighted by Gasteiger charge is 2.40. The Kier molecular flexibility index (Phi) is 5.06. The molecule has 1 fully saturated rings. The van der Waals surface area contributed by atoms with Crippen LogP contribution in [0.3, 0.4) is 0 Å². The first kappa shape index (κ1) is 18.1. The van der Waals surface area contributed by atoms with Crippen molar-refractivity contribution in [3.63, 3.8) is 0 Å². The first-order valence-corrected chi connectivity index (χ1v) is 8.94. The van der Waals surface area contributed by atoms with Gasteiger partial charge in [0.15, 0.2) is 5.69 Å². The lowest BCUT2D eigenvalue weighted by atomic mass is 9.74. The number of carboxylic acid groups (broad SMARTS) is 1. The van der Waals surface area contributed by atoms with Crippen LogP contribution in [0.2, 0.25) is 0 Å². The second-order valence-corrected chi connectivity index (χ2v) is 7.10. The van der Waals surface area contributed by atoms with E-state index in [1.165, 1.54) is 0 Å². The molecule has 0 radical (unpaired) electrons. The van der Waals surface area contributed by atoms with Crippen LogP contribution in [0.25, 0.3) is 5.69 Å². The number of aliphatic carboxylic acids is 1. The summed E-state index contributed by atoms with van der Waals surface area (Å²) in [5.74, 6) is -1.22. The van der Waals surface area contributed by atoms with Gasteiger partial charge in [-0.25, -0.2) is 4.68 Å². The molecule has 1 aliphatic rings. The average molecular weight is 356 g/mol. The van der Waals surface area contributed by atoms with Crippen LogP contribution in [0.1, 0.15) is 53.8 Å². The van der Waals surface area contributed by atoms with Crippen molar-refractivity contribution >= 4 is 11.9 Å². The van der Waals surface area contributed by atoms with E-state index in [9.17, 15) is 14.7 Å². The highest BCUT2D eigenvalue weighted by Crippen LogP contribution is 2.36. The van der Waals surface area contributed by atoms with E-state index in [0.717, 1.165) is 30.5 Å². The Morgan fingerprint density at radius 2 is 1.81 bits per heavy atom. The quantitative estimate of drug-likeness (QED) is 0.858. The number of nitrogens with one attached hydrogen (secondary N) is 1. The van der Waals surface area contributed by atoms with Crippen LogP contribution in [-0.2, 0) is 4.79 Å². The van der Waals surface area contributed by atoms with Gasteiger partial charge in [-0.3, -0.25) is 9.59 Å².